The summed E-state index contributed by atoms with van der Waals surface area (Å²) in [7, 11) is 0. The van der Waals surface area contributed by atoms with Crippen LogP contribution in [0, 0.1) is 0 Å². The van der Waals surface area contributed by atoms with Gasteiger partial charge >= 0.3 is 5.97 Å². The van der Waals surface area contributed by atoms with Crippen LogP contribution in [0.4, 0.5) is 0 Å². The van der Waals surface area contributed by atoms with Crippen molar-refractivity contribution in [2.75, 3.05) is 0 Å². The summed E-state index contributed by atoms with van der Waals surface area (Å²) in [5.74, 6) is -0.551. The average molecular weight is 350 g/mol. The minimum Gasteiger partial charge on any atom is -0.478 e. The van der Waals surface area contributed by atoms with E-state index in [0.717, 1.165) is 15.0 Å². The van der Waals surface area contributed by atoms with Gasteiger partial charge < -0.3 is 9.52 Å². The molecule has 3 aromatic rings. The third kappa shape index (κ3) is 2.52. The fourth-order valence-electron chi connectivity index (χ4n) is 1.69. The molecule has 0 atom stereocenters. The second-order valence-electron chi connectivity index (χ2n) is 4.05. The molecule has 0 aliphatic rings. The predicted molar refractivity (Wildman–Crippen MR) is 79.9 cm³/mol. The molecule has 100 valence electrons. The number of hydrogen-bond acceptors (Lipinski definition) is 4. The summed E-state index contributed by atoms with van der Waals surface area (Å²) in [6.07, 6.45) is 1.22. The van der Waals surface area contributed by atoms with Gasteiger partial charge in [0.25, 0.3) is 0 Å². The van der Waals surface area contributed by atoms with Gasteiger partial charge in [0.1, 0.15) is 17.0 Å². The van der Waals surface area contributed by atoms with Gasteiger partial charge in [0.2, 0.25) is 0 Å². The number of hydrogen-bond donors (Lipinski definition) is 1. The van der Waals surface area contributed by atoms with Crippen LogP contribution in [0.1, 0.15) is 10.4 Å². The minimum atomic E-state index is -1.01. The Kier molecular flexibility index (Phi) is 3.42. The molecule has 1 aromatic carbocycles. The van der Waals surface area contributed by atoms with Crippen molar-refractivity contribution in [1.82, 2.24) is 4.98 Å². The van der Waals surface area contributed by atoms with Crippen molar-refractivity contribution in [2.24, 2.45) is 0 Å². The molecule has 0 saturated carbocycles. The Morgan fingerprint density at radius 2 is 2.05 bits per heavy atom. The maximum atomic E-state index is 10.8. The zero-order valence-electron chi connectivity index (χ0n) is 10.0. The van der Waals surface area contributed by atoms with Gasteiger partial charge in [-0.1, -0.05) is 28.1 Å². The highest BCUT2D eigenvalue weighted by Gasteiger charge is 2.13. The van der Waals surface area contributed by atoms with Gasteiger partial charge in [-0.05, 0) is 12.1 Å². The third-order valence-corrected chi connectivity index (χ3v) is 4.11. The highest BCUT2D eigenvalue weighted by molar-refractivity contribution is 9.10. The topological polar surface area (TPSA) is 63.3 Å². The first-order valence-corrected chi connectivity index (χ1v) is 7.34. The number of carboxylic acid groups (broad SMARTS) is 1. The van der Waals surface area contributed by atoms with Crippen LogP contribution in [-0.2, 0) is 0 Å². The summed E-state index contributed by atoms with van der Waals surface area (Å²) >= 11 is 4.88. The first-order valence-electron chi connectivity index (χ1n) is 5.67. The second kappa shape index (κ2) is 5.22. The standard InChI is InChI=1S/C14H8BrNO3S/c15-10-3-1-8(2-4-10)13-16-11(7-20-13)12-5-9(6-19-12)14(17)18/h1-7H,(H,17,18). The number of aromatic nitrogens is 1. The van der Waals surface area contributed by atoms with Crippen LogP contribution in [0.5, 0.6) is 0 Å². The number of nitrogens with zero attached hydrogens (tertiary/aromatic N) is 1. The molecule has 1 N–H and O–H groups in total. The van der Waals surface area contributed by atoms with Gasteiger partial charge in [-0.2, -0.15) is 0 Å². The fraction of sp³-hybridized carbons (Fsp3) is 0. The molecular weight excluding hydrogens is 342 g/mol. The Labute approximate surface area is 126 Å². The van der Waals surface area contributed by atoms with E-state index in [9.17, 15) is 4.79 Å². The van der Waals surface area contributed by atoms with E-state index in [0.29, 0.717) is 11.5 Å². The zero-order valence-corrected chi connectivity index (χ0v) is 12.4. The highest BCUT2D eigenvalue weighted by Crippen LogP contribution is 2.30. The van der Waals surface area contributed by atoms with Crippen LogP contribution >= 0.6 is 27.3 Å². The third-order valence-electron chi connectivity index (χ3n) is 2.69. The lowest BCUT2D eigenvalue weighted by Crippen LogP contribution is -1.91. The molecular formula is C14H8BrNO3S. The van der Waals surface area contributed by atoms with Crippen LogP contribution in [0.3, 0.4) is 0 Å². The number of aromatic carboxylic acids is 1. The molecule has 0 radical (unpaired) electrons. The lowest BCUT2D eigenvalue weighted by Gasteiger charge is -1.95. The molecule has 0 unspecified atom stereocenters. The van der Waals surface area contributed by atoms with E-state index in [2.05, 4.69) is 20.9 Å². The van der Waals surface area contributed by atoms with Gasteiger partial charge in [0, 0.05) is 21.5 Å². The van der Waals surface area contributed by atoms with Crippen LogP contribution in [0.25, 0.3) is 22.0 Å². The molecule has 6 heteroatoms. The van der Waals surface area contributed by atoms with Crippen molar-refractivity contribution in [2.45, 2.75) is 0 Å². The Hall–Kier alpha value is -1.92. The number of carboxylic acids is 1. The number of benzene rings is 1. The SMILES string of the molecule is O=C(O)c1coc(-c2csc(-c3ccc(Br)cc3)n2)c1. The van der Waals surface area contributed by atoms with Crippen LogP contribution in [0.2, 0.25) is 0 Å². The summed E-state index contributed by atoms with van der Waals surface area (Å²) in [4.78, 5) is 15.3. The molecule has 0 saturated heterocycles. The van der Waals surface area contributed by atoms with E-state index < -0.39 is 5.97 Å². The predicted octanol–water partition coefficient (Wildman–Crippen LogP) is 4.53. The number of furan rings is 1. The van der Waals surface area contributed by atoms with Crippen molar-refractivity contribution < 1.29 is 14.3 Å². The van der Waals surface area contributed by atoms with E-state index in [-0.39, 0.29) is 5.56 Å². The molecule has 0 aliphatic carbocycles. The molecule has 0 aliphatic heterocycles. The number of thiazole rings is 1. The second-order valence-corrected chi connectivity index (χ2v) is 5.82. The fourth-order valence-corrected chi connectivity index (χ4v) is 2.77. The maximum absolute atomic E-state index is 10.8. The molecule has 0 bridgehead atoms. The summed E-state index contributed by atoms with van der Waals surface area (Å²) in [6, 6.07) is 9.31. The number of halogens is 1. The molecule has 0 fully saturated rings. The van der Waals surface area contributed by atoms with Crippen molar-refractivity contribution in [3.05, 3.63) is 52.0 Å². The normalized spacial score (nSPS) is 10.7. The van der Waals surface area contributed by atoms with E-state index in [1.54, 1.807) is 0 Å². The summed E-state index contributed by atoms with van der Waals surface area (Å²) in [5, 5.41) is 11.6. The molecule has 0 amide bonds. The van der Waals surface area contributed by atoms with Crippen LogP contribution in [-0.4, -0.2) is 16.1 Å². The van der Waals surface area contributed by atoms with Gasteiger partial charge in [0.05, 0.1) is 5.56 Å². The minimum absolute atomic E-state index is 0.123. The van der Waals surface area contributed by atoms with E-state index in [4.69, 9.17) is 9.52 Å². The van der Waals surface area contributed by atoms with E-state index >= 15 is 0 Å². The molecule has 2 aromatic heterocycles. The van der Waals surface area contributed by atoms with Crippen LogP contribution < -0.4 is 0 Å². The lowest BCUT2D eigenvalue weighted by molar-refractivity contribution is 0.0696. The summed E-state index contributed by atoms with van der Waals surface area (Å²) in [5.41, 5.74) is 1.77. The molecule has 20 heavy (non-hydrogen) atoms. The van der Waals surface area contributed by atoms with Crippen molar-refractivity contribution in [1.29, 1.82) is 0 Å². The number of rotatable bonds is 3. The Bertz CT molecular complexity index is 761. The molecule has 3 rings (SSSR count). The smallest absolute Gasteiger partial charge is 0.338 e. The molecule has 4 nitrogen and oxygen atoms in total. The maximum Gasteiger partial charge on any atom is 0.338 e. The Balaban J connectivity index is 1.93. The summed E-state index contributed by atoms with van der Waals surface area (Å²) in [6.45, 7) is 0. The van der Waals surface area contributed by atoms with Crippen molar-refractivity contribution in [3.8, 4) is 22.0 Å². The largest absolute Gasteiger partial charge is 0.478 e. The summed E-state index contributed by atoms with van der Waals surface area (Å²) < 4.78 is 6.25. The average Bonchev–Trinajstić information content (AvgIpc) is 3.08. The van der Waals surface area contributed by atoms with Gasteiger partial charge in [-0.3, -0.25) is 0 Å². The van der Waals surface area contributed by atoms with E-state index in [1.807, 2.05) is 29.6 Å². The van der Waals surface area contributed by atoms with Gasteiger partial charge in [-0.15, -0.1) is 11.3 Å². The first-order chi connectivity index (χ1) is 9.63. The Morgan fingerprint density at radius 3 is 2.70 bits per heavy atom. The Morgan fingerprint density at radius 1 is 1.30 bits per heavy atom. The van der Waals surface area contributed by atoms with Gasteiger partial charge in [0.15, 0.2) is 5.76 Å². The molecule has 2 heterocycles. The highest BCUT2D eigenvalue weighted by atomic mass is 79.9. The number of carbonyl (C=O) groups is 1. The molecule has 0 spiro atoms. The monoisotopic (exact) mass is 349 g/mol. The lowest BCUT2D eigenvalue weighted by atomic mass is 10.2. The van der Waals surface area contributed by atoms with E-state index in [1.165, 1.54) is 23.7 Å². The zero-order chi connectivity index (χ0) is 14.1. The van der Waals surface area contributed by atoms with Crippen molar-refractivity contribution >= 4 is 33.2 Å². The van der Waals surface area contributed by atoms with Crippen LogP contribution in [0.15, 0.2) is 50.9 Å². The van der Waals surface area contributed by atoms with Crippen molar-refractivity contribution in [3.63, 3.8) is 0 Å². The first kappa shape index (κ1) is 13.1. The van der Waals surface area contributed by atoms with Gasteiger partial charge in [-0.25, -0.2) is 9.78 Å². The quantitative estimate of drug-likeness (QED) is 0.754.